The van der Waals surface area contributed by atoms with Gasteiger partial charge in [-0.1, -0.05) is 6.07 Å². The molecule has 1 saturated carbocycles. The third kappa shape index (κ3) is 4.52. The Kier molecular flexibility index (Phi) is 6.41. The van der Waals surface area contributed by atoms with Gasteiger partial charge in [0.25, 0.3) is 0 Å². The molecule has 1 unspecified atom stereocenters. The molecule has 2 atom stereocenters. The number of anilines is 2. The van der Waals surface area contributed by atoms with Crippen LogP contribution in [0.4, 0.5) is 16.2 Å². The maximum absolute atomic E-state index is 13.2. The average molecular weight is 454 g/mol. The first-order valence-electron chi connectivity index (χ1n) is 12.5. The van der Waals surface area contributed by atoms with Crippen LogP contribution in [0.15, 0.2) is 23.2 Å². The Labute approximate surface area is 196 Å². The van der Waals surface area contributed by atoms with Crippen molar-refractivity contribution < 1.29 is 19.1 Å². The number of amides is 2. The number of ether oxygens (including phenoxy) is 2. The van der Waals surface area contributed by atoms with E-state index in [1.165, 1.54) is 11.3 Å². The number of rotatable bonds is 3. The molecule has 0 radical (unpaired) electrons. The average Bonchev–Trinajstić information content (AvgIpc) is 3.51. The van der Waals surface area contributed by atoms with Crippen LogP contribution in [0.2, 0.25) is 0 Å². The lowest BCUT2D eigenvalue weighted by Crippen LogP contribution is -2.52. The first-order chi connectivity index (χ1) is 16.0. The molecule has 2 amide bonds. The molecule has 1 aromatic rings. The summed E-state index contributed by atoms with van der Waals surface area (Å²) in [5.41, 5.74) is 4.06. The first kappa shape index (κ1) is 22.4. The van der Waals surface area contributed by atoms with E-state index in [1.807, 2.05) is 13.0 Å². The third-order valence-electron chi connectivity index (χ3n) is 7.70. The number of nitrogens with zero attached hydrogens (tertiary/aromatic N) is 3. The van der Waals surface area contributed by atoms with Crippen molar-refractivity contribution in [3.05, 3.63) is 23.8 Å². The van der Waals surface area contributed by atoms with Gasteiger partial charge in [-0.25, -0.2) is 4.79 Å². The molecule has 7 heteroatoms. The lowest BCUT2D eigenvalue weighted by atomic mass is 9.87. The Morgan fingerprint density at radius 3 is 2.55 bits per heavy atom. The molecule has 0 bridgehead atoms. The zero-order chi connectivity index (χ0) is 22.9. The van der Waals surface area contributed by atoms with Crippen LogP contribution in [0.25, 0.3) is 0 Å². The van der Waals surface area contributed by atoms with E-state index in [4.69, 9.17) is 14.5 Å². The molecule has 0 N–H and O–H groups in total. The molecule has 5 rings (SSSR count). The molecule has 7 nitrogen and oxygen atoms in total. The van der Waals surface area contributed by atoms with Crippen LogP contribution in [0.1, 0.15) is 70.3 Å². The normalized spacial score (nSPS) is 26.3. The van der Waals surface area contributed by atoms with Gasteiger partial charge in [-0.3, -0.25) is 14.7 Å². The summed E-state index contributed by atoms with van der Waals surface area (Å²) in [6.07, 6.45) is 6.91. The van der Waals surface area contributed by atoms with E-state index in [9.17, 15) is 9.59 Å². The van der Waals surface area contributed by atoms with Crippen molar-refractivity contribution >= 4 is 29.1 Å². The Hall–Kier alpha value is -2.41. The fourth-order valence-corrected chi connectivity index (χ4v) is 5.92. The van der Waals surface area contributed by atoms with Gasteiger partial charge >= 0.3 is 6.09 Å². The molecule has 3 heterocycles. The summed E-state index contributed by atoms with van der Waals surface area (Å²) in [5, 5.41) is 0. The zero-order valence-corrected chi connectivity index (χ0v) is 19.8. The monoisotopic (exact) mass is 453 g/mol. The van der Waals surface area contributed by atoms with Crippen LogP contribution in [0.3, 0.4) is 0 Å². The Balaban J connectivity index is 1.39. The van der Waals surface area contributed by atoms with Gasteiger partial charge < -0.3 is 14.4 Å². The summed E-state index contributed by atoms with van der Waals surface area (Å²) in [6.45, 7) is 6.44. The molecular weight excluding hydrogens is 418 g/mol. The minimum absolute atomic E-state index is 0.00804. The van der Waals surface area contributed by atoms with Gasteiger partial charge in [0.2, 0.25) is 5.91 Å². The minimum Gasteiger partial charge on any atom is -0.446 e. The van der Waals surface area contributed by atoms with Crippen molar-refractivity contribution in [1.29, 1.82) is 0 Å². The van der Waals surface area contributed by atoms with Gasteiger partial charge in [-0.05, 0) is 69.6 Å². The Morgan fingerprint density at radius 1 is 1.06 bits per heavy atom. The third-order valence-corrected chi connectivity index (χ3v) is 7.70. The topological polar surface area (TPSA) is 71.4 Å². The van der Waals surface area contributed by atoms with E-state index >= 15 is 0 Å². The quantitative estimate of drug-likeness (QED) is 0.666. The van der Waals surface area contributed by atoms with Gasteiger partial charge in [0.15, 0.2) is 0 Å². The van der Waals surface area contributed by atoms with Crippen molar-refractivity contribution in [1.82, 2.24) is 0 Å². The Morgan fingerprint density at radius 2 is 1.82 bits per heavy atom. The molecule has 1 saturated heterocycles. The van der Waals surface area contributed by atoms with Crippen LogP contribution >= 0.6 is 0 Å². The van der Waals surface area contributed by atoms with Gasteiger partial charge in [-0.15, -0.1) is 0 Å². The largest absolute Gasteiger partial charge is 0.446 e. The van der Waals surface area contributed by atoms with E-state index in [0.717, 1.165) is 76.1 Å². The van der Waals surface area contributed by atoms with Crippen LogP contribution in [-0.2, 0) is 14.3 Å². The highest BCUT2D eigenvalue weighted by Crippen LogP contribution is 2.40. The van der Waals surface area contributed by atoms with Crippen molar-refractivity contribution in [3.63, 3.8) is 0 Å². The van der Waals surface area contributed by atoms with Crippen LogP contribution in [-0.4, -0.2) is 56.2 Å². The molecule has 3 aliphatic heterocycles. The maximum Gasteiger partial charge on any atom is 0.414 e. The van der Waals surface area contributed by atoms with Crippen molar-refractivity contribution in [2.24, 2.45) is 10.9 Å². The molecule has 0 spiro atoms. The van der Waals surface area contributed by atoms with E-state index < -0.39 is 0 Å². The van der Waals surface area contributed by atoms with E-state index in [2.05, 4.69) is 12.1 Å². The molecule has 178 valence electrons. The predicted molar refractivity (Wildman–Crippen MR) is 128 cm³/mol. The first-order valence-corrected chi connectivity index (χ1v) is 12.5. The smallest absolute Gasteiger partial charge is 0.414 e. The summed E-state index contributed by atoms with van der Waals surface area (Å²) in [5.74, 6) is 0.839. The van der Waals surface area contributed by atoms with Crippen molar-refractivity contribution in [2.75, 3.05) is 36.1 Å². The summed E-state index contributed by atoms with van der Waals surface area (Å²) in [4.78, 5) is 34.1. The summed E-state index contributed by atoms with van der Waals surface area (Å²) in [6, 6.07) is 6.11. The SMILES string of the molecule is CC(=O)N1c2ccc(C3CN=C(C4CCOCC4)C3)cc2N(C(=O)OC2CCCC2)C[C@@H]1C. The van der Waals surface area contributed by atoms with Gasteiger partial charge in [0.1, 0.15) is 6.10 Å². The van der Waals surface area contributed by atoms with E-state index in [0.29, 0.717) is 18.4 Å². The van der Waals surface area contributed by atoms with Gasteiger partial charge in [0.05, 0.1) is 17.4 Å². The molecule has 1 aromatic carbocycles. The second kappa shape index (κ2) is 9.45. The molecule has 33 heavy (non-hydrogen) atoms. The Bertz CT molecular complexity index is 933. The lowest BCUT2D eigenvalue weighted by Gasteiger charge is -2.40. The molecule has 1 aliphatic carbocycles. The zero-order valence-electron chi connectivity index (χ0n) is 19.8. The highest BCUT2D eigenvalue weighted by Gasteiger charge is 2.36. The second-order valence-electron chi connectivity index (χ2n) is 10.0. The number of carbonyl (C=O) groups is 2. The standard InChI is InChI=1S/C26H35N3O4/c1-17-16-28(26(31)33-22-5-3-4-6-22)25-14-20(7-8-24(25)29(17)18(2)30)21-13-23(27-15-21)19-9-11-32-12-10-19/h7-8,14,17,19,21-22H,3-6,9-13,15-16H2,1-2H3/t17-,21?/m0/s1. The molecule has 2 fully saturated rings. The predicted octanol–water partition coefficient (Wildman–Crippen LogP) is 4.68. The fraction of sp³-hybridized carbons (Fsp3) is 0.654. The molecule has 4 aliphatic rings. The number of fused-ring (bicyclic) bond motifs is 1. The number of carbonyl (C=O) groups excluding carboxylic acids is 2. The lowest BCUT2D eigenvalue weighted by molar-refractivity contribution is -0.117. The maximum atomic E-state index is 13.2. The van der Waals surface area contributed by atoms with E-state index in [-0.39, 0.29) is 24.1 Å². The number of hydrogen-bond donors (Lipinski definition) is 0. The molecule has 0 aromatic heterocycles. The van der Waals surface area contributed by atoms with Crippen molar-refractivity contribution in [3.8, 4) is 0 Å². The fourth-order valence-electron chi connectivity index (χ4n) is 5.92. The highest BCUT2D eigenvalue weighted by atomic mass is 16.6. The summed E-state index contributed by atoms with van der Waals surface area (Å²) in [7, 11) is 0. The van der Waals surface area contributed by atoms with E-state index in [1.54, 1.807) is 16.7 Å². The number of aliphatic imine (C=N–C) groups is 1. The van der Waals surface area contributed by atoms with Crippen LogP contribution in [0.5, 0.6) is 0 Å². The van der Waals surface area contributed by atoms with Gasteiger partial charge in [-0.2, -0.15) is 0 Å². The van der Waals surface area contributed by atoms with Crippen LogP contribution < -0.4 is 9.80 Å². The van der Waals surface area contributed by atoms with Crippen molar-refractivity contribution in [2.45, 2.75) is 76.9 Å². The highest BCUT2D eigenvalue weighted by molar-refractivity contribution is 6.02. The second-order valence-corrected chi connectivity index (χ2v) is 10.0. The molecular formula is C26H35N3O4. The number of hydrogen-bond acceptors (Lipinski definition) is 5. The summed E-state index contributed by atoms with van der Waals surface area (Å²) >= 11 is 0. The minimum atomic E-state index is -0.291. The van der Waals surface area contributed by atoms with Gasteiger partial charge in [0, 0.05) is 50.8 Å². The van der Waals surface area contributed by atoms with Crippen LogP contribution in [0, 0.1) is 5.92 Å². The summed E-state index contributed by atoms with van der Waals surface area (Å²) < 4.78 is 11.4. The number of benzene rings is 1.